The molecule has 2 aromatic rings. The van der Waals surface area contributed by atoms with E-state index in [4.69, 9.17) is 5.73 Å². The molecule has 1 fully saturated rings. The Morgan fingerprint density at radius 2 is 2.37 bits per heavy atom. The third kappa shape index (κ3) is 2.28. The minimum absolute atomic E-state index is 0.0231. The van der Waals surface area contributed by atoms with Gasteiger partial charge >= 0.3 is 0 Å². The number of thiophene rings is 1. The van der Waals surface area contributed by atoms with Gasteiger partial charge in [0.25, 0.3) is 5.91 Å². The summed E-state index contributed by atoms with van der Waals surface area (Å²) in [5.41, 5.74) is 6.61. The van der Waals surface area contributed by atoms with E-state index in [0.29, 0.717) is 23.0 Å². The molecule has 1 amide bonds. The largest absolute Gasteiger partial charge is 0.397 e. The fraction of sp³-hybridized carbons (Fsp3) is 0.462. The Bertz CT molecular complexity index is 620. The van der Waals surface area contributed by atoms with E-state index in [0.717, 1.165) is 16.8 Å². The first-order valence-corrected chi connectivity index (χ1v) is 7.31. The first kappa shape index (κ1) is 12.3. The third-order valence-corrected chi connectivity index (χ3v) is 4.55. The van der Waals surface area contributed by atoms with Crippen LogP contribution in [0.1, 0.15) is 29.4 Å². The highest BCUT2D eigenvalue weighted by molar-refractivity contribution is 7.21. The van der Waals surface area contributed by atoms with Gasteiger partial charge in [0.1, 0.15) is 9.71 Å². The molecule has 0 spiro atoms. The van der Waals surface area contributed by atoms with Crippen LogP contribution in [0.5, 0.6) is 0 Å². The van der Waals surface area contributed by atoms with Crippen LogP contribution in [0.25, 0.3) is 10.2 Å². The maximum absolute atomic E-state index is 12.5. The molecule has 1 aliphatic rings. The van der Waals surface area contributed by atoms with E-state index in [9.17, 15) is 4.79 Å². The summed E-state index contributed by atoms with van der Waals surface area (Å²) in [6.45, 7) is 3.56. The average Bonchev–Trinajstić information content (AvgIpc) is 3.19. The summed E-state index contributed by atoms with van der Waals surface area (Å²) in [5.74, 6) is 0.703. The number of carbonyl (C=O) groups excluding carboxylic acids is 1. The number of nitrogen functional groups attached to an aromatic ring is 1. The Labute approximate surface area is 115 Å². The van der Waals surface area contributed by atoms with Gasteiger partial charge in [-0.15, -0.1) is 16.4 Å². The van der Waals surface area contributed by atoms with Gasteiger partial charge < -0.3 is 10.6 Å². The zero-order chi connectivity index (χ0) is 13.4. The van der Waals surface area contributed by atoms with Crippen LogP contribution in [-0.4, -0.2) is 34.1 Å². The molecule has 5 nitrogen and oxygen atoms in total. The Morgan fingerprint density at radius 3 is 3.00 bits per heavy atom. The molecule has 0 aromatic carbocycles. The number of carbonyl (C=O) groups is 1. The minimum atomic E-state index is 0.0231. The molecule has 0 bridgehead atoms. The number of nitrogens with zero attached hydrogens (tertiary/aromatic N) is 3. The molecule has 3 rings (SSSR count). The second kappa shape index (κ2) is 4.77. The Hall–Kier alpha value is -1.69. The van der Waals surface area contributed by atoms with Gasteiger partial charge in [-0.3, -0.25) is 4.79 Å². The number of anilines is 1. The van der Waals surface area contributed by atoms with Gasteiger partial charge in [0, 0.05) is 18.5 Å². The van der Waals surface area contributed by atoms with Gasteiger partial charge in [0.05, 0.1) is 11.9 Å². The molecule has 100 valence electrons. The normalized spacial score (nSPS) is 14.8. The van der Waals surface area contributed by atoms with E-state index in [2.05, 4.69) is 10.2 Å². The number of hydrogen-bond acceptors (Lipinski definition) is 5. The summed E-state index contributed by atoms with van der Waals surface area (Å²) in [4.78, 5) is 15.7. The second-order valence-electron chi connectivity index (χ2n) is 4.88. The summed E-state index contributed by atoms with van der Waals surface area (Å²) in [5, 5.41) is 8.68. The molecular weight excluding hydrogens is 260 g/mol. The first-order valence-electron chi connectivity index (χ1n) is 6.49. The molecule has 0 aliphatic heterocycles. The van der Waals surface area contributed by atoms with Gasteiger partial charge in [-0.2, -0.15) is 5.10 Å². The number of fused-ring (bicyclic) bond motifs is 1. The van der Waals surface area contributed by atoms with E-state index in [1.807, 2.05) is 17.9 Å². The first-order chi connectivity index (χ1) is 9.20. The zero-order valence-electron chi connectivity index (χ0n) is 10.8. The van der Waals surface area contributed by atoms with Crippen molar-refractivity contribution in [2.24, 2.45) is 5.92 Å². The standard InChI is InChI=1S/C13H16N4OS/c1-2-17(7-8-3-4-8)13(18)11-10(14)9-5-6-15-16-12(9)19-11/h5-6,8H,2-4,7,14H2,1H3. The average molecular weight is 276 g/mol. The van der Waals surface area contributed by atoms with Crippen LogP contribution in [0.15, 0.2) is 12.3 Å². The Balaban J connectivity index is 1.93. The fourth-order valence-electron chi connectivity index (χ4n) is 2.14. The van der Waals surface area contributed by atoms with Crippen molar-refractivity contribution in [3.8, 4) is 0 Å². The molecule has 0 unspecified atom stereocenters. The van der Waals surface area contributed by atoms with Crippen LogP contribution in [0.4, 0.5) is 5.69 Å². The molecule has 2 aromatic heterocycles. The van der Waals surface area contributed by atoms with Crippen molar-refractivity contribution < 1.29 is 4.79 Å². The van der Waals surface area contributed by atoms with Crippen molar-refractivity contribution in [3.05, 3.63) is 17.1 Å². The predicted molar refractivity (Wildman–Crippen MR) is 76.1 cm³/mol. The predicted octanol–water partition coefficient (Wildman–Crippen LogP) is 2.15. The van der Waals surface area contributed by atoms with Crippen molar-refractivity contribution >= 4 is 33.1 Å². The van der Waals surface area contributed by atoms with Crippen LogP contribution < -0.4 is 5.73 Å². The monoisotopic (exact) mass is 276 g/mol. The number of nitrogens with two attached hydrogens (primary N) is 1. The van der Waals surface area contributed by atoms with Gasteiger partial charge in [0.15, 0.2) is 0 Å². The minimum Gasteiger partial charge on any atom is -0.397 e. The van der Waals surface area contributed by atoms with E-state index < -0.39 is 0 Å². The van der Waals surface area contributed by atoms with Crippen molar-refractivity contribution in [2.45, 2.75) is 19.8 Å². The quantitative estimate of drug-likeness (QED) is 0.928. The van der Waals surface area contributed by atoms with Gasteiger partial charge in [-0.05, 0) is 31.7 Å². The molecule has 0 saturated heterocycles. The molecule has 1 saturated carbocycles. The highest BCUT2D eigenvalue weighted by Crippen LogP contribution is 2.34. The molecule has 19 heavy (non-hydrogen) atoms. The number of aromatic nitrogens is 2. The summed E-state index contributed by atoms with van der Waals surface area (Å²) in [6, 6.07) is 1.81. The maximum Gasteiger partial charge on any atom is 0.266 e. The van der Waals surface area contributed by atoms with E-state index in [1.54, 1.807) is 6.20 Å². The molecule has 1 aliphatic carbocycles. The molecule has 2 N–H and O–H groups in total. The number of rotatable bonds is 4. The second-order valence-corrected chi connectivity index (χ2v) is 5.88. The lowest BCUT2D eigenvalue weighted by Crippen LogP contribution is -2.32. The lowest BCUT2D eigenvalue weighted by atomic mass is 10.2. The molecular formula is C13H16N4OS. The molecule has 0 atom stereocenters. The van der Waals surface area contributed by atoms with Crippen molar-refractivity contribution in [2.75, 3.05) is 18.8 Å². The van der Waals surface area contributed by atoms with E-state index in [-0.39, 0.29) is 5.91 Å². The Kier molecular flexibility index (Phi) is 3.10. The summed E-state index contributed by atoms with van der Waals surface area (Å²) in [7, 11) is 0. The maximum atomic E-state index is 12.5. The molecule has 2 heterocycles. The summed E-state index contributed by atoms with van der Waals surface area (Å²) >= 11 is 1.33. The number of amides is 1. The van der Waals surface area contributed by atoms with Gasteiger partial charge in [-0.1, -0.05) is 0 Å². The molecule has 0 radical (unpaired) electrons. The van der Waals surface area contributed by atoms with Crippen molar-refractivity contribution in [1.29, 1.82) is 0 Å². The lowest BCUT2D eigenvalue weighted by Gasteiger charge is -2.20. The lowest BCUT2D eigenvalue weighted by molar-refractivity contribution is 0.0763. The van der Waals surface area contributed by atoms with Crippen LogP contribution in [0, 0.1) is 5.92 Å². The topological polar surface area (TPSA) is 72.1 Å². The van der Waals surface area contributed by atoms with Crippen LogP contribution in [0.2, 0.25) is 0 Å². The van der Waals surface area contributed by atoms with Crippen molar-refractivity contribution in [1.82, 2.24) is 15.1 Å². The molecule has 6 heteroatoms. The van der Waals surface area contributed by atoms with Crippen LogP contribution in [0.3, 0.4) is 0 Å². The number of hydrogen-bond donors (Lipinski definition) is 1. The van der Waals surface area contributed by atoms with E-state index >= 15 is 0 Å². The van der Waals surface area contributed by atoms with Crippen LogP contribution >= 0.6 is 11.3 Å². The van der Waals surface area contributed by atoms with E-state index in [1.165, 1.54) is 24.2 Å². The van der Waals surface area contributed by atoms with Gasteiger partial charge in [-0.25, -0.2) is 0 Å². The van der Waals surface area contributed by atoms with Crippen molar-refractivity contribution in [3.63, 3.8) is 0 Å². The third-order valence-electron chi connectivity index (χ3n) is 3.46. The zero-order valence-corrected chi connectivity index (χ0v) is 11.6. The smallest absolute Gasteiger partial charge is 0.266 e. The SMILES string of the molecule is CCN(CC1CC1)C(=O)c1sc2nnccc2c1N. The summed E-state index contributed by atoms with van der Waals surface area (Å²) in [6.07, 6.45) is 4.07. The highest BCUT2D eigenvalue weighted by atomic mass is 32.1. The highest BCUT2D eigenvalue weighted by Gasteiger charge is 2.28. The van der Waals surface area contributed by atoms with Gasteiger partial charge in [0.2, 0.25) is 0 Å². The summed E-state index contributed by atoms with van der Waals surface area (Å²) < 4.78 is 0. The van der Waals surface area contributed by atoms with Crippen LogP contribution in [-0.2, 0) is 0 Å². The Morgan fingerprint density at radius 1 is 1.58 bits per heavy atom. The fourth-order valence-corrected chi connectivity index (χ4v) is 3.15.